The third-order valence-electron chi connectivity index (χ3n) is 3.33. The van der Waals surface area contributed by atoms with Gasteiger partial charge in [-0.2, -0.15) is 5.10 Å². The van der Waals surface area contributed by atoms with Crippen molar-refractivity contribution in [3.05, 3.63) is 66.4 Å². The molecule has 6 nitrogen and oxygen atoms in total. The fraction of sp³-hybridized carbons (Fsp3) is 0.0556. The summed E-state index contributed by atoms with van der Waals surface area (Å²) >= 11 is 0. The van der Waals surface area contributed by atoms with E-state index in [1.165, 1.54) is 6.92 Å². The summed E-state index contributed by atoms with van der Waals surface area (Å²) in [6.45, 7) is 1.43. The Kier molecular flexibility index (Phi) is 4.38. The van der Waals surface area contributed by atoms with Gasteiger partial charge in [-0.3, -0.25) is 14.7 Å². The zero-order valence-electron chi connectivity index (χ0n) is 13.0. The molecule has 120 valence electrons. The molecule has 0 aliphatic heterocycles. The van der Waals surface area contributed by atoms with Crippen molar-refractivity contribution in [1.29, 1.82) is 0 Å². The van der Waals surface area contributed by atoms with E-state index in [4.69, 9.17) is 0 Å². The van der Waals surface area contributed by atoms with Crippen LogP contribution in [0.15, 0.2) is 60.7 Å². The Hall–Kier alpha value is -3.41. The molecule has 3 rings (SSSR count). The summed E-state index contributed by atoms with van der Waals surface area (Å²) in [5.41, 5.74) is 3.20. The van der Waals surface area contributed by atoms with Crippen molar-refractivity contribution in [2.45, 2.75) is 6.92 Å². The SMILES string of the molecule is CC(=O)Nc1cccc(NC(=O)c2cc(-c3ccccc3)n[nH]2)c1. The predicted molar refractivity (Wildman–Crippen MR) is 92.7 cm³/mol. The number of H-pyrrole nitrogens is 1. The Balaban J connectivity index is 1.74. The standard InChI is InChI=1S/C18H16N4O2/c1-12(23)19-14-8-5-9-15(10-14)20-18(24)17-11-16(21-22-17)13-6-3-2-4-7-13/h2-11H,1H3,(H,19,23)(H,20,24)(H,21,22). The van der Waals surface area contributed by atoms with Crippen molar-refractivity contribution in [1.82, 2.24) is 10.2 Å². The minimum Gasteiger partial charge on any atom is -0.326 e. The number of carbonyl (C=O) groups excluding carboxylic acids is 2. The van der Waals surface area contributed by atoms with Crippen molar-refractivity contribution in [3.63, 3.8) is 0 Å². The zero-order valence-corrected chi connectivity index (χ0v) is 13.0. The number of anilines is 2. The number of aromatic amines is 1. The largest absolute Gasteiger partial charge is 0.326 e. The van der Waals surface area contributed by atoms with Gasteiger partial charge < -0.3 is 10.6 Å². The molecule has 3 N–H and O–H groups in total. The molecule has 1 heterocycles. The van der Waals surface area contributed by atoms with Crippen molar-refractivity contribution in [3.8, 4) is 11.3 Å². The van der Waals surface area contributed by atoms with Crippen LogP contribution in [0.1, 0.15) is 17.4 Å². The molecule has 0 aliphatic carbocycles. The van der Waals surface area contributed by atoms with E-state index < -0.39 is 0 Å². The summed E-state index contributed by atoms with van der Waals surface area (Å²) in [7, 11) is 0. The molecular weight excluding hydrogens is 304 g/mol. The Morgan fingerprint density at radius 1 is 0.917 bits per heavy atom. The highest BCUT2D eigenvalue weighted by Crippen LogP contribution is 2.19. The van der Waals surface area contributed by atoms with E-state index in [1.807, 2.05) is 30.3 Å². The second kappa shape index (κ2) is 6.78. The maximum absolute atomic E-state index is 12.3. The van der Waals surface area contributed by atoms with E-state index in [2.05, 4.69) is 20.8 Å². The maximum Gasteiger partial charge on any atom is 0.273 e. The van der Waals surface area contributed by atoms with Gasteiger partial charge in [-0.25, -0.2) is 0 Å². The van der Waals surface area contributed by atoms with E-state index in [1.54, 1.807) is 30.3 Å². The van der Waals surface area contributed by atoms with Crippen LogP contribution >= 0.6 is 0 Å². The molecule has 0 atom stereocenters. The second-order valence-corrected chi connectivity index (χ2v) is 5.25. The number of hydrogen-bond acceptors (Lipinski definition) is 3. The summed E-state index contributed by atoms with van der Waals surface area (Å²) in [6.07, 6.45) is 0. The van der Waals surface area contributed by atoms with E-state index in [0.29, 0.717) is 22.8 Å². The highest BCUT2D eigenvalue weighted by molar-refractivity contribution is 6.03. The van der Waals surface area contributed by atoms with Crippen LogP contribution in [0, 0.1) is 0 Å². The van der Waals surface area contributed by atoms with Crippen molar-refractivity contribution in [2.75, 3.05) is 10.6 Å². The molecule has 0 unspecified atom stereocenters. The third-order valence-corrected chi connectivity index (χ3v) is 3.33. The quantitative estimate of drug-likeness (QED) is 0.689. The molecule has 2 amide bonds. The molecule has 24 heavy (non-hydrogen) atoms. The average Bonchev–Trinajstić information content (AvgIpc) is 3.05. The normalized spacial score (nSPS) is 10.2. The van der Waals surface area contributed by atoms with Crippen LogP contribution in [0.2, 0.25) is 0 Å². The van der Waals surface area contributed by atoms with Gasteiger partial charge >= 0.3 is 0 Å². The topological polar surface area (TPSA) is 86.9 Å². The Morgan fingerprint density at radius 2 is 1.62 bits per heavy atom. The molecule has 0 aliphatic rings. The molecule has 3 aromatic rings. The first-order valence-electron chi connectivity index (χ1n) is 7.41. The lowest BCUT2D eigenvalue weighted by Crippen LogP contribution is -2.13. The van der Waals surface area contributed by atoms with E-state index in [9.17, 15) is 9.59 Å². The molecule has 0 radical (unpaired) electrons. The van der Waals surface area contributed by atoms with E-state index >= 15 is 0 Å². The number of carbonyl (C=O) groups is 2. The van der Waals surface area contributed by atoms with Crippen molar-refractivity contribution < 1.29 is 9.59 Å². The number of benzene rings is 2. The Bertz CT molecular complexity index is 871. The summed E-state index contributed by atoms with van der Waals surface area (Å²) in [6, 6.07) is 18.2. The molecule has 0 bridgehead atoms. The number of hydrogen-bond donors (Lipinski definition) is 3. The van der Waals surface area contributed by atoms with Crippen LogP contribution in [-0.2, 0) is 4.79 Å². The van der Waals surface area contributed by atoms with E-state index in [0.717, 1.165) is 5.56 Å². The molecule has 0 fully saturated rings. The minimum absolute atomic E-state index is 0.167. The van der Waals surface area contributed by atoms with Gasteiger partial charge in [-0.1, -0.05) is 36.4 Å². The summed E-state index contributed by atoms with van der Waals surface area (Å²) in [5, 5.41) is 12.4. The fourth-order valence-electron chi connectivity index (χ4n) is 2.27. The van der Waals surface area contributed by atoms with Crippen LogP contribution in [0.3, 0.4) is 0 Å². The zero-order chi connectivity index (χ0) is 16.9. The minimum atomic E-state index is -0.301. The van der Waals surface area contributed by atoms with Crippen molar-refractivity contribution in [2.24, 2.45) is 0 Å². The van der Waals surface area contributed by atoms with Crippen LogP contribution in [0.5, 0.6) is 0 Å². The number of nitrogens with one attached hydrogen (secondary N) is 3. The van der Waals surface area contributed by atoms with Crippen molar-refractivity contribution >= 4 is 23.2 Å². The first kappa shape index (κ1) is 15.5. The molecule has 0 saturated carbocycles. The predicted octanol–water partition coefficient (Wildman–Crippen LogP) is 3.29. The number of rotatable bonds is 4. The van der Waals surface area contributed by atoms with Gasteiger partial charge in [-0.05, 0) is 24.3 Å². The first-order chi connectivity index (χ1) is 11.6. The average molecular weight is 320 g/mol. The van der Waals surface area contributed by atoms with Crippen LogP contribution < -0.4 is 10.6 Å². The van der Waals surface area contributed by atoms with Gasteiger partial charge in [0.1, 0.15) is 5.69 Å². The van der Waals surface area contributed by atoms with Crippen LogP contribution in [-0.4, -0.2) is 22.0 Å². The van der Waals surface area contributed by atoms with Crippen LogP contribution in [0.25, 0.3) is 11.3 Å². The maximum atomic E-state index is 12.3. The van der Waals surface area contributed by atoms with Crippen LogP contribution in [0.4, 0.5) is 11.4 Å². The Labute approximate surface area is 138 Å². The summed E-state index contributed by atoms with van der Waals surface area (Å²) in [4.78, 5) is 23.4. The van der Waals surface area contributed by atoms with Gasteiger partial charge in [0.2, 0.25) is 5.91 Å². The molecule has 1 aromatic heterocycles. The van der Waals surface area contributed by atoms with Gasteiger partial charge in [0.25, 0.3) is 5.91 Å². The third kappa shape index (κ3) is 3.67. The molecule has 0 spiro atoms. The highest BCUT2D eigenvalue weighted by Gasteiger charge is 2.11. The van der Waals surface area contributed by atoms with Gasteiger partial charge in [-0.15, -0.1) is 0 Å². The molecular formula is C18H16N4O2. The number of amides is 2. The fourth-order valence-corrected chi connectivity index (χ4v) is 2.27. The Morgan fingerprint density at radius 3 is 2.33 bits per heavy atom. The summed E-state index contributed by atoms with van der Waals surface area (Å²) in [5.74, 6) is -0.468. The molecule has 2 aromatic carbocycles. The van der Waals surface area contributed by atoms with E-state index in [-0.39, 0.29) is 11.8 Å². The second-order valence-electron chi connectivity index (χ2n) is 5.25. The summed E-state index contributed by atoms with van der Waals surface area (Å²) < 4.78 is 0. The van der Waals surface area contributed by atoms with Gasteiger partial charge in [0, 0.05) is 23.9 Å². The lowest BCUT2D eigenvalue weighted by atomic mass is 10.1. The molecule has 6 heteroatoms. The first-order valence-corrected chi connectivity index (χ1v) is 7.41. The monoisotopic (exact) mass is 320 g/mol. The van der Waals surface area contributed by atoms with Gasteiger partial charge in [0.15, 0.2) is 0 Å². The number of aromatic nitrogens is 2. The number of nitrogens with zero attached hydrogens (tertiary/aromatic N) is 1. The van der Waals surface area contributed by atoms with Gasteiger partial charge in [0.05, 0.1) is 5.69 Å². The lowest BCUT2D eigenvalue weighted by Gasteiger charge is -2.06. The highest BCUT2D eigenvalue weighted by atomic mass is 16.2. The molecule has 0 saturated heterocycles. The smallest absolute Gasteiger partial charge is 0.273 e. The lowest BCUT2D eigenvalue weighted by molar-refractivity contribution is -0.114.